The lowest BCUT2D eigenvalue weighted by Crippen LogP contribution is -2.71. The van der Waals surface area contributed by atoms with Crippen molar-refractivity contribution in [3.63, 3.8) is 0 Å². The predicted octanol–water partition coefficient (Wildman–Crippen LogP) is 3.58. The highest BCUT2D eigenvalue weighted by Crippen LogP contribution is 2.67. The summed E-state index contributed by atoms with van der Waals surface area (Å²) in [6, 6.07) is 0. The summed E-state index contributed by atoms with van der Waals surface area (Å²) in [5.74, 6) is 0. The van der Waals surface area contributed by atoms with Crippen LogP contribution in [-0.4, -0.2) is 24.9 Å². The van der Waals surface area contributed by atoms with Crippen LogP contribution in [0.5, 0.6) is 0 Å². The molecule has 0 aromatic heterocycles. The molecule has 0 N–H and O–H groups in total. The van der Waals surface area contributed by atoms with Gasteiger partial charge in [-0.25, -0.2) is 0 Å². The van der Waals surface area contributed by atoms with Gasteiger partial charge < -0.3 is 4.74 Å². The van der Waals surface area contributed by atoms with E-state index in [1.54, 1.807) is 0 Å². The highest BCUT2D eigenvalue weighted by molar-refractivity contribution is 5.10. The summed E-state index contributed by atoms with van der Waals surface area (Å²) < 4.78 is 59.3. The molecule has 0 aromatic rings. The molecule has 1 unspecified atom stereocenters. The standard InChI is InChI=1S/C7H8F4O2.C4H8/c1-2-5(4-3-12-4)6(8,9)13-7(5,10)11;1-3-4-2/h4H,2-3H2,1H3;3H,1,4H2,2H3. The SMILES string of the molecule is C=CCC.CCC1(C2CO2)C(F)(F)OC1(F)F. The fraction of sp³-hybridized carbons (Fsp3) is 0.818. The Balaban J connectivity index is 0.000000317. The van der Waals surface area contributed by atoms with Crippen LogP contribution >= 0.6 is 0 Å². The fourth-order valence-corrected chi connectivity index (χ4v) is 1.81. The summed E-state index contributed by atoms with van der Waals surface area (Å²) in [4.78, 5) is 0. The van der Waals surface area contributed by atoms with E-state index in [-0.39, 0.29) is 13.0 Å². The molecular formula is C11H16F4O2. The Morgan fingerprint density at radius 2 is 1.65 bits per heavy atom. The van der Waals surface area contributed by atoms with Crippen molar-refractivity contribution < 1.29 is 27.0 Å². The molecule has 2 fully saturated rings. The fourth-order valence-electron chi connectivity index (χ4n) is 1.81. The van der Waals surface area contributed by atoms with E-state index in [9.17, 15) is 17.6 Å². The van der Waals surface area contributed by atoms with E-state index in [4.69, 9.17) is 0 Å². The molecule has 17 heavy (non-hydrogen) atoms. The quantitative estimate of drug-likeness (QED) is 0.437. The normalized spacial score (nSPS) is 30.6. The number of halogens is 4. The molecule has 6 heteroatoms. The van der Waals surface area contributed by atoms with Crippen LogP contribution in [0.1, 0.15) is 26.7 Å². The minimum Gasteiger partial charge on any atom is -0.372 e. The van der Waals surface area contributed by atoms with Crippen LogP contribution in [0.3, 0.4) is 0 Å². The smallest absolute Gasteiger partial charge is 0.372 e. The second-order valence-corrected chi connectivity index (χ2v) is 3.98. The molecule has 0 bridgehead atoms. The molecule has 0 radical (unpaired) electrons. The first-order chi connectivity index (χ1) is 7.79. The van der Waals surface area contributed by atoms with Gasteiger partial charge >= 0.3 is 12.2 Å². The van der Waals surface area contributed by atoms with Gasteiger partial charge in [-0.1, -0.05) is 19.9 Å². The Morgan fingerprint density at radius 1 is 1.24 bits per heavy atom. The van der Waals surface area contributed by atoms with E-state index in [0.717, 1.165) is 6.42 Å². The first-order valence-corrected chi connectivity index (χ1v) is 5.47. The molecule has 0 spiro atoms. The number of hydrogen-bond donors (Lipinski definition) is 0. The average molecular weight is 256 g/mol. The summed E-state index contributed by atoms with van der Waals surface area (Å²) in [7, 11) is 0. The Hall–Kier alpha value is -0.620. The largest absolute Gasteiger partial charge is 0.376 e. The molecule has 0 aliphatic carbocycles. The number of alkyl halides is 4. The van der Waals surface area contributed by atoms with Crippen molar-refractivity contribution in [2.24, 2.45) is 5.41 Å². The van der Waals surface area contributed by atoms with Gasteiger partial charge in [0.25, 0.3) is 0 Å². The minimum atomic E-state index is -3.77. The average Bonchev–Trinajstić information content (AvgIpc) is 3.01. The van der Waals surface area contributed by atoms with E-state index >= 15 is 0 Å². The number of ether oxygens (including phenoxy) is 2. The number of epoxide rings is 1. The molecule has 0 aromatic carbocycles. The van der Waals surface area contributed by atoms with Gasteiger partial charge in [0.2, 0.25) is 0 Å². The zero-order valence-electron chi connectivity index (χ0n) is 9.81. The highest BCUT2D eigenvalue weighted by atomic mass is 19.3. The van der Waals surface area contributed by atoms with Crippen LogP contribution in [0.2, 0.25) is 0 Å². The summed E-state index contributed by atoms with van der Waals surface area (Å²) in [5.41, 5.74) is -2.44. The number of rotatable bonds is 3. The topological polar surface area (TPSA) is 21.8 Å². The zero-order chi connectivity index (χ0) is 13.3. The molecule has 2 nitrogen and oxygen atoms in total. The van der Waals surface area contributed by atoms with Gasteiger partial charge in [-0.3, -0.25) is 4.74 Å². The molecule has 100 valence electrons. The lowest BCUT2D eigenvalue weighted by atomic mass is 9.75. The molecule has 2 aliphatic rings. The van der Waals surface area contributed by atoms with Crippen molar-refractivity contribution in [1.29, 1.82) is 0 Å². The van der Waals surface area contributed by atoms with Crippen LogP contribution < -0.4 is 0 Å². The zero-order valence-corrected chi connectivity index (χ0v) is 9.81. The van der Waals surface area contributed by atoms with Crippen molar-refractivity contribution in [3.05, 3.63) is 12.7 Å². The maximum atomic E-state index is 12.9. The van der Waals surface area contributed by atoms with E-state index < -0.39 is 23.7 Å². The van der Waals surface area contributed by atoms with Gasteiger partial charge in [0.15, 0.2) is 5.41 Å². The van der Waals surface area contributed by atoms with Crippen LogP contribution in [0.15, 0.2) is 12.7 Å². The summed E-state index contributed by atoms with van der Waals surface area (Å²) in [6.45, 7) is 6.79. The molecule has 2 rings (SSSR count). The van der Waals surface area contributed by atoms with Crippen molar-refractivity contribution in [3.8, 4) is 0 Å². The minimum absolute atomic E-state index is 0.0393. The summed E-state index contributed by atoms with van der Waals surface area (Å²) in [6.07, 6.45) is -6.02. The third-order valence-electron chi connectivity index (χ3n) is 3.02. The van der Waals surface area contributed by atoms with Crippen molar-refractivity contribution >= 4 is 0 Å². The maximum Gasteiger partial charge on any atom is 0.376 e. The van der Waals surface area contributed by atoms with Gasteiger partial charge in [-0.2, -0.15) is 17.6 Å². The Kier molecular flexibility index (Phi) is 3.88. The molecule has 2 heterocycles. The Labute approximate surface area is 97.6 Å². The molecule has 0 amide bonds. The van der Waals surface area contributed by atoms with Crippen molar-refractivity contribution in [2.75, 3.05) is 6.61 Å². The van der Waals surface area contributed by atoms with Gasteiger partial charge in [0, 0.05) is 0 Å². The lowest BCUT2D eigenvalue weighted by molar-refractivity contribution is -0.562. The summed E-state index contributed by atoms with van der Waals surface area (Å²) >= 11 is 0. The molecule has 1 atom stereocenters. The first kappa shape index (κ1) is 14.4. The van der Waals surface area contributed by atoms with Crippen molar-refractivity contribution in [1.82, 2.24) is 0 Å². The van der Waals surface area contributed by atoms with Crippen molar-refractivity contribution in [2.45, 2.75) is 45.0 Å². The monoisotopic (exact) mass is 256 g/mol. The number of allylic oxidation sites excluding steroid dienone is 1. The lowest BCUT2D eigenvalue weighted by Gasteiger charge is -2.52. The van der Waals surface area contributed by atoms with Gasteiger partial charge in [0.05, 0.1) is 6.61 Å². The van der Waals surface area contributed by atoms with Gasteiger partial charge in [-0.05, 0) is 12.8 Å². The maximum absolute atomic E-state index is 12.9. The van der Waals surface area contributed by atoms with E-state index in [1.165, 1.54) is 6.92 Å². The third-order valence-corrected chi connectivity index (χ3v) is 3.02. The van der Waals surface area contributed by atoms with Gasteiger partial charge in [0.1, 0.15) is 6.10 Å². The second kappa shape index (κ2) is 4.57. The van der Waals surface area contributed by atoms with Crippen LogP contribution in [-0.2, 0) is 9.47 Å². The van der Waals surface area contributed by atoms with Crippen LogP contribution in [0.25, 0.3) is 0 Å². The van der Waals surface area contributed by atoms with E-state index in [0.29, 0.717) is 0 Å². The molecule has 2 saturated heterocycles. The van der Waals surface area contributed by atoms with Gasteiger partial charge in [-0.15, -0.1) is 6.58 Å². The molecule has 2 aliphatic heterocycles. The predicted molar refractivity (Wildman–Crippen MR) is 53.9 cm³/mol. The molecule has 0 saturated carbocycles. The third kappa shape index (κ3) is 2.08. The Morgan fingerprint density at radius 3 is 1.76 bits per heavy atom. The molecular weight excluding hydrogens is 240 g/mol. The van der Waals surface area contributed by atoms with Crippen LogP contribution in [0.4, 0.5) is 17.6 Å². The van der Waals surface area contributed by atoms with E-state index in [1.807, 2.05) is 6.08 Å². The number of hydrogen-bond acceptors (Lipinski definition) is 2. The Bertz CT molecular complexity index is 273. The van der Waals surface area contributed by atoms with E-state index in [2.05, 4.69) is 23.0 Å². The first-order valence-electron chi connectivity index (χ1n) is 5.47. The second-order valence-electron chi connectivity index (χ2n) is 3.98. The summed E-state index contributed by atoms with van der Waals surface area (Å²) in [5, 5.41) is 0. The van der Waals surface area contributed by atoms with Crippen LogP contribution in [0, 0.1) is 5.41 Å². The highest BCUT2D eigenvalue weighted by Gasteiger charge is 2.86.